The van der Waals surface area contributed by atoms with Crippen molar-refractivity contribution >= 4 is 5.96 Å². The van der Waals surface area contributed by atoms with Crippen LogP contribution in [0, 0.1) is 10.8 Å². The summed E-state index contributed by atoms with van der Waals surface area (Å²) in [5.74, 6) is 0.573. The van der Waals surface area contributed by atoms with Gasteiger partial charge >= 0.3 is 0 Å². The van der Waals surface area contributed by atoms with Gasteiger partial charge < -0.3 is 9.80 Å². The monoisotopic (exact) mass is 185 g/mol. The number of nitrogens with zero attached hydrogens (tertiary/aromatic N) is 2. The van der Waals surface area contributed by atoms with Crippen molar-refractivity contribution in [1.29, 1.82) is 5.41 Å². The van der Waals surface area contributed by atoms with E-state index < -0.39 is 0 Å². The highest BCUT2D eigenvalue weighted by Crippen LogP contribution is 2.18. The fourth-order valence-corrected chi connectivity index (χ4v) is 0.950. The Hall–Kier alpha value is -0.730. The van der Waals surface area contributed by atoms with Crippen LogP contribution < -0.4 is 0 Å². The lowest BCUT2D eigenvalue weighted by atomic mass is 9.92. The maximum atomic E-state index is 7.71. The van der Waals surface area contributed by atoms with Crippen LogP contribution in [0.5, 0.6) is 0 Å². The molecule has 78 valence electrons. The molecule has 3 nitrogen and oxygen atoms in total. The number of nitrogens with one attached hydrogen (secondary N) is 1. The van der Waals surface area contributed by atoms with E-state index in [2.05, 4.69) is 20.8 Å². The van der Waals surface area contributed by atoms with Crippen LogP contribution in [-0.2, 0) is 0 Å². The summed E-state index contributed by atoms with van der Waals surface area (Å²) in [5, 5.41) is 7.71. The van der Waals surface area contributed by atoms with Crippen molar-refractivity contribution in [3.05, 3.63) is 0 Å². The second-order valence-electron chi connectivity index (χ2n) is 4.95. The molecule has 0 aromatic carbocycles. The van der Waals surface area contributed by atoms with E-state index in [9.17, 15) is 0 Å². The normalized spacial score (nSPS) is 11.2. The molecule has 13 heavy (non-hydrogen) atoms. The SMILES string of the molecule is CN(C)C(=N)N(C)CCC(C)(C)C. The molecule has 0 bridgehead atoms. The van der Waals surface area contributed by atoms with E-state index in [0.717, 1.165) is 13.0 Å². The van der Waals surface area contributed by atoms with Crippen molar-refractivity contribution in [3.63, 3.8) is 0 Å². The van der Waals surface area contributed by atoms with Crippen LogP contribution in [0.4, 0.5) is 0 Å². The van der Waals surface area contributed by atoms with Gasteiger partial charge in [0.05, 0.1) is 0 Å². The van der Waals surface area contributed by atoms with Gasteiger partial charge in [-0.2, -0.15) is 0 Å². The van der Waals surface area contributed by atoms with Crippen LogP contribution in [0.2, 0.25) is 0 Å². The molecule has 0 atom stereocenters. The smallest absolute Gasteiger partial charge is 0.192 e. The third-order valence-electron chi connectivity index (χ3n) is 1.98. The minimum Gasteiger partial charge on any atom is -0.349 e. The molecule has 0 unspecified atom stereocenters. The summed E-state index contributed by atoms with van der Waals surface area (Å²) in [6, 6.07) is 0. The molecule has 0 rings (SSSR count). The summed E-state index contributed by atoms with van der Waals surface area (Å²) in [6.45, 7) is 7.61. The topological polar surface area (TPSA) is 30.3 Å². The van der Waals surface area contributed by atoms with Gasteiger partial charge in [0.1, 0.15) is 0 Å². The van der Waals surface area contributed by atoms with Gasteiger partial charge in [-0.25, -0.2) is 0 Å². The molecule has 0 aliphatic carbocycles. The third-order valence-corrected chi connectivity index (χ3v) is 1.98. The molecule has 0 aliphatic rings. The summed E-state index contributed by atoms with van der Waals surface area (Å²) in [5.41, 5.74) is 0.348. The first-order valence-electron chi connectivity index (χ1n) is 4.71. The third kappa shape index (κ3) is 5.50. The quantitative estimate of drug-likeness (QED) is 0.525. The van der Waals surface area contributed by atoms with Gasteiger partial charge in [-0.15, -0.1) is 0 Å². The summed E-state index contributed by atoms with van der Waals surface area (Å²) in [6.07, 6.45) is 1.11. The summed E-state index contributed by atoms with van der Waals surface area (Å²) in [4.78, 5) is 3.80. The lowest BCUT2D eigenvalue weighted by Crippen LogP contribution is -2.38. The second kappa shape index (κ2) is 4.49. The molecule has 0 radical (unpaired) electrons. The molecule has 0 saturated heterocycles. The van der Waals surface area contributed by atoms with E-state index >= 15 is 0 Å². The highest BCUT2D eigenvalue weighted by molar-refractivity contribution is 5.75. The predicted octanol–water partition coefficient (Wildman–Crippen LogP) is 1.85. The highest BCUT2D eigenvalue weighted by Gasteiger charge is 2.13. The molecule has 1 N–H and O–H groups in total. The van der Waals surface area contributed by atoms with Crippen molar-refractivity contribution in [2.75, 3.05) is 27.7 Å². The first kappa shape index (κ1) is 12.3. The van der Waals surface area contributed by atoms with Gasteiger partial charge in [-0.1, -0.05) is 20.8 Å². The van der Waals surface area contributed by atoms with Crippen molar-refractivity contribution < 1.29 is 0 Å². The Morgan fingerprint density at radius 2 is 1.62 bits per heavy atom. The highest BCUT2D eigenvalue weighted by atomic mass is 15.3. The lowest BCUT2D eigenvalue weighted by molar-refractivity contribution is 0.312. The lowest BCUT2D eigenvalue weighted by Gasteiger charge is -2.28. The van der Waals surface area contributed by atoms with Crippen LogP contribution >= 0.6 is 0 Å². The van der Waals surface area contributed by atoms with Gasteiger partial charge in [0, 0.05) is 27.7 Å². The van der Waals surface area contributed by atoms with E-state index in [-0.39, 0.29) is 0 Å². The maximum Gasteiger partial charge on any atom is 0.192 e. The number of hydrogen-bond acceptors (Lipinski definition) is 1. The fourth-order valence-electron chi connectivity index (χ4n) is 0.950. The second-order valence-corrected chi connectivity index (χ2v) is 4.95. The van der Waals surface area contributed by atoms with Gasteiger partial charge in [-0.05, 0) is 11.8 Å². The molecule has 0 amide bonds. The molecule has 0 spiro atoms. The molecule has 0 saturated carbocycles. The van der Waals surface area contributed by atoms with Crippen molar-refractivity contribution in [2.24, 2.45) is 5.41 Å². The summed E-state index contributed by atoms with van der Waals surface area (Å²) >= 11 is 0. The Labute approximate surface area is 82.2 Å². The van der Waals surface area contributed by atoms with Crippen molar-refractivity contribution in [2.45, 2.75) is 27.2 Å². The zero-order chi connectivity index (χ0) is 10.6. The molecule has 0 aliphatic heterocycles. The van der Waals surface area contributed by atoms with Crippen LogP contribution in [0.3, 0.4) is 0 Å². The molecule has 0 aromatic rings. The Morgan fingerprint density at radius 1 is 1.15 bits per heavy atom. The molecule has 0 fully saturated rings. The van der Waals surface area contributed by atoms with E-state index in [1.54, 1.807) is 0 Å². The molecule has 0 heterocycles. The van der Waals surface area contributed by atoms with E-state index in [0.29, 0.717) is 11.4 Å². The minimum absolute atomic E-state index is 0.348. The zero-order valence-corrected chi connectivity index (χ0v) is 9.81. The van der Waals surface area contributed by atoms with Crippen LogP contribution in [0.1, 0.15) is 27.2 Å². The molecule has 3 heteroatoms. The van der Waals surface area contributed by atoms with Gasteiger partial charge in [-0.3, -0.25) is 5.41 Å². The Balaban J connectivity index is 3.88. The van der Waals surface area contributed by atoms with E-state index in [1.165, 1.54) is 0 Å². The van der Waals surface area contributed by atoms with Crippen molar-refractivity contribution in [3.8, 4) is 0 Å². The fraction of sp³-hybridized carbons (Fsp3) is 0.900. The summed E-state index contributed by atoms with van der Waals surface area (Å²) in [7, 11) is 5.76. The Morgan fingerprint density at radius 3 is 1.92 bits per heavy atom. The van der Waals surface area contributed by atoms with Crippen molar-refractivity contribution in [1.82, 2.24) is 9.80 Å². The van der Waals surface area contributed by atoms with Crippen LogP contribution in [0.25, 0.3) is 0 Å². The maximum absolute atomic E-state index is 7.71. The summed E-state index contributed by atoms with van der Waals surface area (Å²) < 4.78 is 0. The average molecular weight is 185 g/mol. The van der Waals surface area contributed by atoms with Crippen LogP contribution in [-0.4, -0.2) is 43.4 Å². The minimum atomic E-state index is 0.348. The predicted molar refractivity (Wildman–Crippen MR) is 58.1 cm³/mol. The number of hydrogen-bond donors (Lipinski definition) is 1. The molecular formula is C10H23N3. The first-order valence-corrected chi connectivity index (χ1v) is 4.71. The Kier molecular flexibility index (Phi) is 4.24. The molecular weight excluding hydrogens is 162 g/mol. The largest absolute Gasteiger partial charge is 0.349 e. The van der Waals surface area contributed by atoms with E-state index in [4.69, 9.17) is 5.41 Å². The van der Waals surface area contributed by atoms with Gasteiger partial charge in [0.25, 0.3) is 0 Å². The number of rotatable bonds is 2. The van der Waals surface area contributed by atoms with Crippen LogP contribution in [0.15, 0.2) is 0 Å². The standard InChI is InChI=1S/C10H23N3/c1-10(2,3)7-8-13(6)9(11)12(4)5/h11H,7-8H2,1-6H3. The zero-order valence-electron chi connectivity index (χ0n) is 9.81. The molecule has 0 aromatic heterocycles. The van der Waals surface area contributed by atoms with E-state index in [1.807, 2.05) is 30.9 Å². The first-order chi connectivity index (χ1) is 5.74. The van der Waals surface area contributed by atoms with Gasteiger partial charge in [0.15, 0.2) is 5.96 Å². The Bertz CT molecular complexity index is 167. The van der Waals surface area contributed by atoms with Gasteiger partial charge in [0.2, 0.25) is 0 Å². The average Bonchev–Trinajstić information content (AvgIpc) is 1.97. The number of guanidine groups is 1.